The van der Waals surface area contributed by atoms with Crippen LogP contribution in [0.3, 0.4) is 0 Å². The molecule has 1 aromatic heterocycles. The molecule has 0 spiro atoms. The molecule has 2 unspecified atom stereocenters. The van der Waals surface area contributed by atoms with Gasteiger partial charge in [-0.3, -0.25) is 0 Å². The predicted molar refractivity (Wildman–Crippen MR) is 108 cm³/mol. The fraction of sp³-hybridized carbons (Fsp3) is 0.190. The summed E-state index contributed by atoms with van der Waals surface area (Å²) in [6.45, 7) is 2.01. The van der Waals surface area contributed by atoms with Crippen molar-refractivity contribution in [3.05, 3.63) is 80.5 Å². The normalized spacial score (nSPS) is 20.7. The summed E-state index contributed by atoms with van der Waals surface area (Å²) in [5, 5.41) is 20.0. The molecule has 4 nitrogen and oxygen atoms in total. The van der Waals surface area contributed by atoms with E-state index in [1.807, 2.05) is 53.7 Å². The number of fused-ring (bicyclic) bond motifs is 3. The third-order valence-electron chi connectivity index (χ3n) is 5.00. The number of benzene rings is 2. The first kappa shape index (κ1) is 16.7. The van der Waals surface area contributed by atoms with Crippen LogP contribution in [0.1, 0.15) is 40.3 Å². The van der Waals surface area contributed by atoms with Crippen LogP contribution in [0, 0.1) is 6.92 Å². The van der Waals surface area contributed by atoms with Crippen molar-refractivity contribution in [1.82, 2.24) is 5.01 Å². The highest BCUT2D eigenvalue weighted by atomic mass is 35.5. The molecule has 0 amide bonds. The molecule has 0 bridgehead atoms. The van der Waals surface area contributed by atoms with E-state index in [9.17, 15) is 5.11 Å². The quantitative estimate of drug-likeness (QED) is 0.608. The van der Waals surface area contributed by atoms with E-state index < -0.39 is 0 Å². The maximum atomic E-state index is 10.4. The lowest BCUT2D eigenvalue weighted by Gasteiger charge is -2.37. The number of nitrogens with zero attached hydrogens (tertiary/aromatic N) is 2. The van der Waals surface area contributed by atoms with Gasteiger partial charge in [0.2, 0.25) is 6.23 Å². The third-order valence-corrected chi connectivity index (χ3v) is 6.14. The Bertz CT molecular complexity index is 1050. The van der Waals surface area contributed by atoms with Gasteiger partial charge in [0.15, 0.2) is 0 Å². The van der Waals surface area contributed by atoms with Gasteiger partial charge in [-0.2, -0.15) is 5.10 Å². The van der Waals surface area contributed by atoms with Crippen molar-refractivity contribution in [1.29, 1.82) is 0 Å². The average Bonchev–Trinajstić information content (AvgIpc) is 3.33. The predicted octanol–water partition coefficient (Wildman–Crippen LogP) is 5.66. The number of aromatic hydroxyl groups is 1. The van der Waals surface area contributed by atoms with Crippen LogP contribution in [0.25, 0.3) is 0 Å². The first-order chi connectivity index (χ1) is 13.1. The number of hydrogen-bond acceptors (Lipinski definition) is 5. The fourth-order valence-corrected chi connectivity index (χ4v) is 4.65. The van der Waals surface area contributed by atoms with Crippen LogP contribution in [0.5, 0.6) is 11.5 Å². The molecule has 27 heavy (non-hydrogen) atoms. The van der Waals surface area contributed by atoms with Crippen LogP contribution in [-0.2, 0) is 0 Å². The molecule has 3 aromatic rings. The second kappa shape index (κ2) is 6.29. The number of ether oxygens (including phenoxy) is 1. The van der Waals surface area contributed by atoms with E-state index in [1.54, 1.807) is 17.4 Å². The van der Waals surface area contributed by atoms with Gasteiger partial charge in [0.25, 0.3) is 0 Å². The minimum Gasteiger partial charge on any atom is -0.507 e. The van der Waals surface area contributed by atoms with E-state index in [-0.39, 0.29) is 18.0 Å². The first-order valence-electron chi connectivity index (χ1n) is 8.75. The number of aryl methyl sites for hydroxylation is 1. The minimum absolute atomic E-state index is 0.0227. The lowest BCUT2D eigenvalue weighted by Crippen LogP contribution is -2.33. The van der Waals surface area contributed by atoms with Crippen molar-refractivity contribution in [3.8, 4) is 11.5 Å². The number of phenols is 1. The van der Waals surface area contributed by atoms with Crippen molar-refractivity contribution in [2.24, 2.45) is 5.10 Å². The van der Waals surface area contributed by atoms with E-state index in [4.69, 9.17) is 21.4 Å². The first-order valence-corrected chi connectivity index (χ1v) is 10.0. The summed E-state index contributed by atoms with van der Waals surface area (Å²) in [4.78, 5) is 1.10. The van der Waals surface area contributed by atoms with Gasteiger partial charge in [-0.1, -0.05) is 29.3 Å². The molecule has 0 fully saturated rings. The van der Waals surface area contributed by atoms with Crippen LogP contribution in [-0.4, -0.2) is 15.8 Å². The molecule has 2 aromatic carbocycles. The molecule has 2 aliphatic heterocycles. The van der Waals surface area contributed by atoms with Crippen molar-refractivity contribution >= 4 is 28.6 Å². The van der Waals surface area contributed by atoms with Crippen LogP contribution >= 0.6 is 22.9 Å². The van der Waals surface area contributed by atoms with Crippen LogP contribution in [0.15, 0.2) is 59.0 Å². The summed E-state index contributed by atoms with van der Waals surface area (Å²) in [5.41, 5.74) is 3.75. The van der Waals surface area contributed by atoms with Gasteiger partial charge in [-0.25, -0.2) is 5.01 Å². The van der Waals surface area contributed by atoms with E-state index in [2.05, 4.69) is 6.07 Å². The molecule has 3 heterocycles. The highest BCUT2D eigenvalue weighted by Gasteiger charge is 2.41. The number of halogens is 1. The Labute approximate surface area is 166 Å². The third kappa shape index (κ3) is 2.78. The highest BCUT2D eigenvalue weighted by Crippen LogP contribution is 2.49. The van der Waals surface area contributed by atoms with Crippen molar-refractivity contribution < 1.29 is 9.84 Å². The lowest BCUT2D eigenvalue weighted by molar-refractivity contribution is -0.0165. The Kier molecular flexibility index (Phi) is 3.88. The molecule has 2 aliphatic rings. The second-order valence-electron chi connectivity index (χ2n) is 6.84. The van der Waals surface area contributed by atoms with Crippen molar-refractivity contribution in [2.75, 3.05) is 0 Å². The SMILES string of the molecule is Cc1ccc(O)c(C2=NN3C(C2)c2cc(Cl)ccc2OC3c2cccs2)c1. The molecule has 0 saturated carbocycles. The summed E-state index contributed by atoms with van der Waals surface area (Å²) in [6.07, 6.45) is 0.406. The molecule has 2 atom stereocenters. The molecule has 0 saturated heterocycles. The maximum Gasteiger partial charge on any atom is 0.222 e. The van der Waals surface area contributed by atoms with Gasteiger partial charge in [-0.15, -0.1) is 11.3 Å². The smallest absolute Gasteiger partial charge is 0.222 e. The Hall–Kier alpha value is -2.50. The largest absolute Gasteiger partial charge is 0.507 e. The monoisotopic (exact) mass is 396 g/mol. The summed E-state index contributed by atoms with van der Waals surface area (Å²) in [5.74, 6) is 1.09. The van der Waals surface area contributed by atoms with E-state index in [0.717, 1.165) is 33.0 Å². The van der Waals surface area contributed by atoms with Gasteiger partial charge in [0.1, 0.15) is 11.5 Å². The number of hydrogen-bond donors (Lipinski definition) is 1. The zero-order chi connectivity index (χ0) is 18.5. The molecule has 0 radical (unpaired) electrons. The number of phenolic OH excluding ortho intramolecular Hbond substituents is 1. The van der Waals surface area contributed by atoms with Gasteiger partial charge < -0.3 is 9.84 Å². The average molecular weight is 397 g/mol. The van der Waals surface area contributed by atoms with Gasteiger partial charge >= 0.3 is 0 Å². The van der Waals surface area contributed by atoms with E-state index >= 15 is 0 Å². The Morgan fingerprint density at radius 3 is 2.93 bits per heavy atom. The van der Waals surface area contributed by atoms with Gasteiger partial charge in [-0.05, 0) is 48.7 Å². The summed E-state index contributed by atoms with van der Waals surface area (Å²) in [6, 6.07) is 15.4. The van der Waals surface area contributed by atoms with Crippen molar-refractivity contribution in [2.45, 2.75) is 25.6 Å². The lowest BCUT2D eigenvalue weighted by atomic mass is 9.95. The summed E-state index contributed by atoms with van der Waals surface area (Å²) >= 11 is 7.90. The minimum atomic E-state index is -0.284. The molecular weight excluding hydrogens is 380 g/mol. The number of rotatable bonds is 2. The standard InChI is InChI=1S/C21H17ClN2O2S/c1-12-4-6-18(25)14(9-12)16-11-17-15-10-13(22)5-7-19(15)26-21(24(17)23-16)20-3-2-8-27-20/h2-10,17,21,25H,11H2,1H3. The van der Waals surface area contributed by atoms with Crippen LogP contribution in [0.2, 0.25) is 5.02 Å². The molecule has 0 aliphatic carbocycles. The Morgan fingerprint density at radius 1 is 1.22 bits per heavy atom. The van der Waals surface area contributed by atoms with Gasteiger partial charge in [0, 0.05) is 22.6 Å². The second-order valence-corrected chi connectivity index (χ2v) is 8.25. The fourth-order valence-electron chi connectivity index (χ4n) is 3.72. The molecule has 6 heteroatoms. The highest BCUT2D eigenvalue weighted by molar-refractivity contribution is 7.10. The topological polar surface area (TPSA) is 45.1 Å². The molecule has 1 N–H and O–H groups in total. The summed E-state index contributed by atoms with van der Waals surface area (Å²) < 4.78 is 6.29. The number of hydrazone groups is 1. The zero-order valence-corrected chi connectivity index (χ0v) is 16.2. The van der Waals surface area contributed by atoms with Crippen molar-refractivity contribution in [3.63, 3.8) is 0 Å². The van der Waals surface area contributed by atoms with E-state index in [1.165, 1.54) is 0 Å². The number of thiophene rings is 1. The van der Waals surface area contributed by atoms with Gasteiger partial charge in [0.05, 0.1) is 16.6 Å². The van der Waals surface area contributed by atoms with E-state index in [0.29, 0.717) is 11.4 Å². The summed E-state index contributed by atoms with van der Waals surface area (Å²) in [7, 11) is 0. The van der Waals surface area contributed by atoms with Crippen LogP contribution < -0.4 is 4.74 Å². The van der Waals surface area contributed by atoms with Crippen LogP contribution in [0.4, 0.5) is 0 Å². The molecule has 136 valence electrons. The Morgan fingerprint density at radius 2 is 2.11 bits per heavy atom. The molecule has 5 rings (SSSR count). The maximum absolute atomic E-state index is 10.4. The zero-order valence-electron chi connectivity index (χ0n) is 14.6. The molecular formula is C21H17ClN2O2S. The Balaban J connectivity index is 1.63.